The van der Waals surface area contributed by atoms with E-state index in [4.69, 9.17) is 29.6 Å². The number of aromatic nitrogens is 2. The maximum atomic E-state index is 6.09. The van der Waals surface area contributed by atoms with Crippen molar-refractivity contribution in [3.8, 4) is 0 Å². The molecule has 6 heteroatoms. The van der Waals surface area contributed by atoms with Gasteiger partial charge in [-0.1, -0.05) is 29.9 Å². The number of nitrogens with two attached hydrogens (primary N) is 1. The van der Waals surface area contributed by atoms with E-state index in [-0.39, 0.29) is 4.99 Å². The molecular formula is C12H13ClN4S. The van der Waals surface area contributed by atoms with Gasteiger partial charge in [-0.15, -0.1) is 0 Å². The SMILES string of the molecule is Cn1cc(CNc2cccc(Cl)c2C(N)=S)cn1. The Morgan fingerprint density at radius 2 is 2.33 bits per heavy atom. The van der Waals surface area contributed by atoms with Gasteiger partial charge in [0.1, 0.15) is 4.99 Å². The van der Waals surface area contributed by atoms with Crippen LogP contribution in [0.3, 0.4) is 0 Å². The number of benzene rings is 1. The molecule has 94 valence electrons. The number of hydrogen-bond donors (Lipinski definition) is 2. The number of nitrogens with one attached hydrogen (secondary N) is 1. The molecule has 0 atom stereocenters. The second kappa shape index (κ2) is 5.37. The molecule has 0 amide bonds. The summed E-state index contributed by atoms with van der Waals surface area (Å²) < 4.78 is 1.75. The van der Waals surface area contributed by atoms with Crippen molar-refractivity contribution in [1.82, 2.24) is 9.78 Å². The zero-order chi connectivity index (χ0) is 13.1. The van der Waals surface area contributed by atoms with Crippen molar-refractivity contribution >= 4 is 34.5 Å². The molecule has 0 radical (unpaired) electrons. The lowest BCUT2D eigenvalue weighted by molar-refractivity contribution is 0.767. The van der Waals surface area contributed by atoms with Crippen LogP contribution in [0, 0.1) is 0 Å². The van der Waals surface area contributed by atoms with Gasteiger partial charge in [-0.25, -0.2) is 0 Å². The van der Waals surface area contributed by atoms with Crippen LogP contribution in [0.5, 0.6) is 0 Å². The van der Waals surface area contributed by atoms with Gasteiger partial charge >= 0.3 is 0 Å². The molecule has 1 heterocycles. The summed E-state index contributed by atoms with van der Waals surface area (Å²) in [6.45, 7) is 0.643. The Kier molecular flexibility index (Phi) is 3.84. The highest BCUT2D eigenvalue weighted by Crippen LogP contribution is 2.24. The standard InChI is InChI=1S/C12H13ClN4S/c1-17-7-8(6-16-17)5-15-10-4-2-3-9(13)11(10)12(14)18/h2-4,6-7,15H,5H2,1H3,(H2,14,18). The average molecular weight is 281 g/mol. The molecule has 1 aromatic heterocycles. The largest absolute Gasteiger partial charge is 0.389 e. The molecule has 0 aliphatic heterocycles. The number of halogens is 1. The lowest BCUT2D eigenvalue weighted by Gasteiger charge is -2.11. The van der Waals surface area contributed by atoms with Gasteiger partial charge in [0.25, 0.3) is 0 Å². The molecule has 4 nitrogen and oxygen atoms in total. The molecule has 2 rings (SSSR count). The first kappa shape index (κ1) is 12.9. The van der Waals surface area contributed by atoms with Crippen LogP contribution in [0.4, 0.5) is 5.69 Å². The van der Waals surface area contributed by atoms with Crippen molar-refractivity contribution in [1.29, 1.82) is 0 Å². The predicted molar refractivity (Wildman–Crippen MR) is 77.9 cm³/mol. The van der Waals surface area contributed by atoms with E-state index in [1.807, 2.05) is 25.4 Å². The van der Waals surface area contributed by atoms with Gasteiger partial charge in [0.05, 0.1) is 16.8 Å². The summed E-state index contributed by atoms with van der Waals surface area (Å²) in [5.41, 5.74) is 8.27. The molecule has 0 spiro atoms. The highest BCUT2D eigenvalue weighted by atomic mass is 35.5. The summed E-state index contributed by atoms with van der Waals surface area (Å²) in [5.74, 6) is 0. The maximum Gasteiger partial charge on any atom is 0.107 e. The molecule has 0 fully saturated rings. The topological polar surface area (TPSA) is 55.9 Å². The molecule has 2 aromatic rings. The van der Waals surface area contributed by atoms with Crippen LogP contribution in [-0.2, 0) is 13.6 Å². The van der Waals surface area contributed by atoms with Crippen molar-refractivity contribution in [2.45, 2.75) is 6.54 Å². The molecule has 0 aliphatic rings. The molecular weight excluding hydrogens is 268 g/mol. The molecule has 3 N–H and O–H groups in total. The van der Waals surface area contributed by atoms with Gasteiger partial charge in [-0.2, -0.15) is 5.10 Å². The van der Waals surface area contributed by atoms with Crippen molar-refractivity contribution in [2.75, 3.05) is 5.32 Å². The first-order valence-electron chi connectivity index (χ1n) is 5.37. The lowest BCUT2D eigenvalue weighted by atomic mass is 10.1. The van der Waals surface area contributed by atoms with Gasteiger partial charge in [-0.05, 0) is 12.1 Å². The molecule has 0 aliphatic carbocycles. The first-order valence-corrected chi connectivity index (χ1v) is 6.16. The van der Waals surface area contributed by atoms with Crippen molar-refractivity contribution < 1.29 is 0 Å². The van der Waals surface area contributed by atoms with Gasteiger partial charge in [-0.3, -0.25) is 4.68 Å². The summed E-state index contributed by atoms with van der Waals surface area (Å²) in [7, 11) is 1.88. The Bertz CT molecular complexity index is 579. The summed E-state index contributed by atoms with van der Waals surface area (Å²) in [4.78, 5) is 0.286. The normalized spacial score (nSPS) is 10.3. The minimum absolute atomic E-state index is 0.286. The van der Waals surface area contributed by atoms with Crippen molar-refractivity contribution in [3.05, 3.63) is 46.7 Å². The monoisotopic (exact) mass is 280 g/mol. The fourth-order valence-electron chi connectivity index (χ4n) is 1.68. The zero-order valence-electron chi connectivity index (χ0n) is 9.85. The number of nitrogens with zero attached hydrogens (tertiary/aromatic N) is 2. The smallest absolute Gasteiger partial charge is 0.107 e. The summed E-state index contributed by atoms with van der Waals surface area (Å²) in [6.07, 6.45) is 3.75. The number of aryl methyl sites for hydroxylation is 1. The quantitative estimate of drug-likeness (QED) is 0.844. The van der Waals surface area contributed by atoms with E-state index in [0.29, 0.717) is 17.1 Å². The number of anilines is 1. The Morgan fingerprint density at radius 3 is 2.94 bits per heavy atom. The van der Waals surface area contributed by atoms with Crippen LogP contribution in [0.1, 0.15) is 11.1 Å². The molecule has 1 aromatic carbocycles. The van der Waals surface area contributed by atoms with Crippen LogP contribution in [0.25, 0.3) is 0 Å². The van der Waals surface area contributed by atoms with Crippen LogP contribution >= 0.6 is 23.8 Å². The van der Waals surface area contributed by atoms with Gasteiger partial charge in [0.2, 0.25) is 0 Å². The highest BCUT2D eigenvalue weighted by molar-refractivity contribution is 7.80. The van der Waals surface area contributed by atoms with Gasteiger partial charge < -0.3 is 11.1 Å². The van der Waals surface area contributed by atoms with Gasteiger partial charge in [0, 0.05) is 31.0 Å². The van der Waals surface area contributed by atoms with Crippen molar-refractivity contribution in [2.24, 2.45) is 12.8 Å². The Balaban J connectivity index is 2.19. The fourth-order valence-corrected chi connectivity index (χ4v) is 2.23. The second-order valence-corrected chi connectivity index (χ2v) is 4.75. The number of rotatable bonds is 4. The van der Waals surface area contributed by atoms with Crippen LogP contribution in [-0.4, -0.2) is 14.8 Å². The molecule has 0 saturated carbocycles. The van der Waals surface area contributed by atoms with Crippen LogP contribution < -0.4 is 11.1 Å². The predicted octanol–water partition coefficient (Wildman–Crippen LogP) is 2.32. The van der Waals surface area contributed by atoms with E-state index in [1.165, 1.54) is 0 Å². The van der Waals surface area contributed by atoms with E-state index in [9.17, 15) is 0 Å². The molecule has 18 heavy (non-hydrogen) atoms. The second-order valence-electron chi connectivity index (χ2n) is 3.90. The lowest BCUT2D eigenvalue weighted by Crippen LogP contribution is -2.13. The molecule has 0 bridgehead atoms. The van der Waals surface area contributed by atoms with E-state index >= 15 is 0 Å². The summed E-state index contributed by atoms with van der Waals surface area (Å²) >= 11 is 11.1. The fraction of sp³-hybridized carbons (Fsp3) is 0.167. The van der Waals surface area contributed by atoms with Crippen LogP contribution in [0.15, 0.2) is 30.6 Å². The van der Waals surface area contributed by atoms with E-state index in [0.717, 1.165) is 11.3 Å². The maximum absolute atomic E-state index is 6.09. The van der Waals surface area contributed by atoms with Crippen molar-refractivity contribution in [3.63, 3.8) is 0 Å². The third-order valence-corrected chi connectivity index (χ3v) is 3.02. The third-order valence-electron chi connectivity index (χ3n) is 2.50. The van der Waals surface area contributed by atoms with E-state index < -0.39 is 0 Å². The Morgan fingerprint density at radius 1 is 1.56 bits per heavy atom. The molecule has 0 unspecified atom stereocenters. The Hall–Kier alpha value is -1.59. The zero-order valence-corrected chi connectivity index (χ0v) is 11.4. The minimum atomic E-state index is 0.286. The van der Waals surface area contributed by atoms with Gasteiger partial charge in [0.15, 0.2) is 0 Å². The minimum Gasteiger partial charge on any atom is -0.389 e. The molecule has 0 saturated heterocycles. The number of thiocarbonyl (C=S) groups is 1. The highest BCUT2D eigenvalue weighted by Gasteiger charge is 2.09. The van der Waals surface area contributed by atoms with Crippen LogP contribution in [0.2, 0.25) is 5.02 Å². The average Bonchev–Trinajstić information content (AvgIpc) is 2.72. The number of hydrogen-bond acceptors (Lipinski definition) is 3. The van der Waals surface area contributed by atoms with E-state index in [2.05, 4.69) is 10.4 Å². The Labute approximate surface area is 116 Å². The third kappa shape index (κ3) is 2.80. The van der Waals surface area contributed by atoms with E-state index in [1.54, 1.807) is 16.9 Å². The summed E-state index contributed by atoms with van der Waals surface area (Å²) in [5, 5.41) is 7.92. The summed E-state index contributed by atoms with van der Waals surface area (Å²) in [6, 6.07) is 5.53. The first-order chi connectivity index (χ1) is 8.58.